The van der Waals surface area contributed by atoms with Crippen LogP contribution < -0.4 is 4.72 Å². The summed E-state index contributed by atoms with van der Waals surface area (Å²) < 4.78 is 25.9. The Morgan fingerprint density at radius 2 is 2.25 bits per heavy atom. The molecular weight excluding hydrogens is 300 g/mol. The van der Waals surface area contributed by atoms with Crippen LogP contribution in [0.2, 0.25) is 0 Å². The smallest absolute Gasteiger partial charge is 0.240 e. The molecule has 0 aromatic heterocycles. The fourth-order valence-corrected chi connectivity index (χ4v) is 3.46. The number of aliphatic hydroxyl groups excluding tert-OH is 1. The number of thioether (sulfide) groups is 1. The minimum atomic E-state index is -3.40. The predicted molar refractivity (Wildman–Crippen MR) is 81.2 cm³/mol. The second-order valence-electron chi connectivity index (χ2n) is 4.98. The van der Waals surface area contributed by atoms with Gasteiger partial charge in [-0.2, -0.15) is 11.8 Å². The first-order valence-electron chi connectivity index (χ1n) is 6.82. The number of sulfonamides is 1. The van der Waals surface area contributed by atoms with Crippen LogP contribution in [-0.2, 0) is 14.8 Å². The first-order chi connectivity index (χ1) is 9.43. The zero-order valence-corrected chi connectivity index (χ0v) is 13.7. The van der Waals surface area contributed by atoms with E-state index in [-0.39, 0.29) is 24.2 Å². The maximum absolute atomic E-state index is 12.4. The number of hydrogen-bond donors (Lipinski definition) is 2. The van der Waals surface area contributed by atoms with Crippen molar-refractivity contribution in [2.45, 2.75) is 25.8 Å². The van der Waals surface area contributed by atoms with Crippen LogP contribution in [0.5, 0.6) is 0 Å². The molecule has 1 rings (SSSR count). The summed E-state index contributed by atoms with van der Waals surface area (Å²) in [6.45, 7) is 2.72. The summed E-state index contributed by atoms with van der Waals surface area (Å²) in [7, 11) is -3.40. The van der Waals surface area contributed by atoms with Gasteiger partial charge in [0.25, 0.3) is 0 Å². The molecule has 1 aliphatic heterocycles. The number of aliphatic hydroxyl groups is 1. The maximum Gasteiger partial charge on any atom is 0.240 e. The number of amides is 1. The minimum absolute atomic E-state index is 0.0324. The van der Waals surface area contributed by atoms with Crippen molar-refractivity contribution < 1.29 is 18.3 Å². The normalized spacial score (nSPS) is 21.1. The summed E-state index contributed by atoms with van der Waals surface area (Å²) in [5.41, 5.74) is 0. The minimum Gasteiger partial charge on any atom is -0.396 e. The second kappa shape index (κ2) is 8.21. The molecule has 6 nitrogen and oxygen atoms in total. The molecule has 1 heterocycles. The molecular formula is C12H24N2O4S2. The molecule has 1 amide bonds. The molecule has 8 heteroatoms. The molecule has 118 valence electrons. The molecule has 0 aromatic rings. The van der Waals surface area contributed by atoms with Gasteiger partial charge < -0.3 is 10.0 Å². The molecule has 0 aromatic carbocycles. The first-order valence-corrected chi connectivity index (χ1v) is 9.86. The van der Waals surface area contributed by atoms with Crippen molar-refractivity contribution in [1.29, 1.82) is 0 Å². The first kappa shape index (κ1) is 17.7. The lowest BCUT2D eigenvalue weighted by Crippen LogP contribution is -2.48. The SMILES string of the molecule is CCS(=O)(=O)NC(CCSC)C(=O)N1CCC(CO)C1. The third-order valence-corrected chi connectivity index (χ3v) is 5.51. The summed E-state index contributed by atoms with van der Waals surface area (Å²) in [6, 6.07) is -0.690. The zero-order valence-electron chi connectivity index (χ0n) is 12.0. The molecule has 1 saturated heterocycles. The standard InChI is InChI=1S/C12H24N2O4S2/c1-3-20(17,18)13-11(5-7-19-2)12(16)14-6-4-10(8-14)9-15/h10-11,13,15H,3-9H2,1-2H3. The third-order valence-electron chi connectivity index (χ3n) is 3.47. The highest BCUT2D eigenvalue weighted by atomic mass is 32.2. The Balaban J connectivity index is 2.69. The van der Waals surface area contributed by atoms with Crippen LogP contribution in [0.25, 0.3) is 0 Å². The van der Waals surface area contributed by atoms with Gasteiger partial charge >= 0.3 is 0 Å². The van der Waals surface area contributed by atoms with Crippen molar-refractivity contribution >= 4 is 27.7 Å². The van der Waals surface area contributed by atoms with Crippen molar-refractivity contribution in [3.8, 4) is 0 Å². The quantitative estimate of drug-likeness (QED) is 0.650. The van der Waals surface area contributed by atoms with E-state index < -0.39 is 16.1 Å². The maximum atomic E-state index is 12.4. The van der Waals surface area contributed by atoms with Gasteiger partial charge in [-0.1, -0.05) is 0 Å². The molecule has 0 bridgehead atoms. The number of carbonyl (C=O) groups is 1. The Morgan fingerprint density at radius 1 is 1.55 bits per heavy atom. The average Bonchev–Trinajstić information content (AvgIpc) is 2.91. The van der Waals surface area contributed by atoms with Crippen LogP contribution in [0.1, 0.15) is 19.8 Å². The molecule has 20 heavy (non-hydrogen) atoms. The van der Waals surface area contributed by atoms with E-state index in [1.807, 2.05) is 6.26 Å². The summed E-state index contributed by atoms with van der Waals surface area (Å²) in [4.78, 5) is 14.1. The van der Waals surface area contributed by atoms with Gasteiger partial charge in [-0.3, -0.25) is 4.79 Å². The largest absolute Gasteiger partial charge is 0.396 e. The molecule has 0 saturated carbocycles. The number of rotatable bonds is 8. The van der Waals surface area contributed by atoms with E-state index in [1.54, 1.807) is 23.6 Å². The van der Waals surface area contributed by atoms with Gasteiger partial charge in [0.15, 0.2) is 0 Å². The Hall–Kier alpha value is -0.310. The highest BCUT2D eigenvalue weighted by Gasteiger charge is 2.32. The molecule has 0 radical (unpaired) electrons. The van der Waals surface area contributed by atoms with Gasteiger partial charge in [0, 0.05) is 25.6 Å². The Morgan fingerprint density at radius 3 is 2.75 bits per heavy atom. The number of nitrogens with one attached hydrogen (secondary N) is 1. The summed E-state index contributed by atoms with van der Waals surface area (Å²) in [5, 5.41) is 9.12. The summed E-state index contributed by atoms with van der Waals surface area (Å²) >= 11 is 1.58. The zero-order chi connectivity index (χ0) is 15.2. The van der Waals surface area contributed by atoms with Gasteiger partial charge in [-0.25, -0.2) is 13.1 Å². The van der Waals surface area contributed by atoms with Crippen LogP contribution >= 0.6 is 11.8 Å². The van der Waals surface area contributed by atoms with E-state index in [2.05, 4.69) is 4.72 Å². The van der Waals surface area contributed by atoms with E-state index in [9.17, 15) is 13.2 Å². The van der Waals surface area contributed by atoms with Crippen LogP contribution in [-0.4, -0.2) is 67.8 Å². The second-order valence-corrected chi connectivity index (χ2v) is 8.01. The van der Waals surface area contributed by atoms with Gasteiger partial charge in [0.1, 0.15) is 6.04 Å². The van der Waals surface area contributed by atoms with E-state index >= 15 is 0 Å². The lowest BCUT2D eigenvalue weighted by Gasteiger charge is -2.24. The highest BCUT2D eigenvalue weighted by Crippen LogP contribution is 2.17. The molecule has 0 spiro atoms. The lowest BCUT2D eigenvalue weighted by atomic mass is 10.1. The molecule has 2 unspecified atom stereocenters. The molecule has 2 N–H and O–H groups in total. The van der Waals surface area contributed by atoms with E-state index in [4.69, 9.17) is 5.11 Å². The topological polar surface area (TPSA) is 86.7 Å². The number of nitrogens with zero attached hydrogens (tertiary/aromatic N) is 1. The Labute approximate surface area is 125 Å². The van der Waals surface area contributed by atoms with Crippen LogP contribution in [0.15, 0.2) is 0 Å². The van der Waals surface area contributed by atoms with Gasteiger partial charge in [0.2, 0.25) is 15.9 Å². The molecule has 0 aliphatic carbocycles. The summed E-state index contributed by atoms with van der Waals surface area (Å²) in [5.74, 6) is 0.629. The van der Waals surface area contributed by atoms with Crippen molar-refractivity contribution in [2.75, 3.05) is 37.5 Å². The van der Waals surface area contributed by atoms with E-state index in [1.165, 1.54) is 0 Å². The molecule has 1 aliphatic rings. The lowest BCUT2D eigenvalue weighted by molar-refractivity contribution is -0.132. The average molecular weight is 324 g/mol. The van der Waals surface area contributed by atoms with Gasteiger partial charge in [-0.15, -0.1) is 0 Å². The van der Waals surface area contributed by atoms with Crippen LogP contribution in [0, 0.1) is 5.92 Å². The third kappa shape index (κ3) is 5.23. The van der Waals surface area contributed by atoms with Gasteiger partial charge in [-0.05, 0) is 31.8 Å². The molecule has 2 atom stereocenters. The van der Waals surface area contributed by atoms with E-state index in [0.29, 0.717) is 19.5 Å². The highest BCUT2D eigenvalue weighted by molar-refractivity contribution is 7.98. The number of carbonyl (C=O) groups excluding carboxylic acids is 1. The van der Waals surface area contributed by atoms with Crippen molar-refractivity contribution in [1.82, 2.24) is 9.62 Å². The number of hydrogen-bond acceptors (Lipinski definition) is 5. The fourth-order valence-electron chi connectivity index (χ4n) is 2.17. The van der Waals surface area contributed by atoms with Crippen LogP contribution in [0.4, 0.5) is 0 Å². The van der Waals surface area contributed by atoms with Crippen molar-refractivity contribution in [3.63, 3.8) is 0 Å². The van der Waals surface area contributed by atoms with Crippen molar-refractivity contribution in [3.05, 3.63) is 0 Å². The monoisotopic (exact) mass is 324 g/mol. The molecule has 1 fully saturated rings. The predicted octanol–water partition coefficient (Wildman–Crippen LogP) is -0.112. The van der Waals surface area contributed by atoms with Gasteiger partial charge in [0.05, 0.1) is 5.75 Å². The Bertz CT molecular complexity index is 414. The Kier molecular flexibility index (Phi) is 7.28. The van der Waals surface area contributed by atoms with E-state index in [0.717, 1.165) is 12.2 Å². The van der Waals surface area contributed by atoms with Crippen LogP contribution in [0.3, 0.4) is 0 Å². The fraction of sp³-hybridized carbons (Fsp3) is 0.917. The number of likely N-dealkylation sites (tertiary alicyclic amines) is 1. The summed E-state index contributed by atoms with van der Waals surface area (Å²) in [6.07, 6.45) is 3.19. The van der Waals surface area contributed by atoms with Crippen molar-refractivity contribution in [2.24, 2.45) is 5.92 Å².